The van der Waals surface area contributed by atoms with E-state index in [-0.39, 0.29) is 0 Å². The minimum Gasteiger partial charge on any atom is -0.436 e. The number of aromatic nitrogens is 3. The largest absolute Gasteiger partial charge is 0.436 e. The average Bonchev–Trinajstić information content (AvgIpc) is 3.25. The van der Waals surface area contributed by atoms with Crippen molar-refractivity contribution in [1.29, 1.82) is 5.26 Å². The van der Waals surface area contributed by atoms with Crippen LogP contribution < -0.4 is 10.1 Å². The van der Waals surface area contributed by atoms with Gasteiger partial charge in [-0.1, -0.05) is 57.9 Å². The molecule has 0 saturated heterocycles. The molecule has 1 N–H and O–H groups in total. The first kappa shape index (κ1) is 22.9. The first-order valence-electron chi connectivity index (χ1n) is 10.8. The molecule has 0 amide bonds. The number of fused-ring (bicyclic) bond motifs is 1. The normalized spacial score (nSPS) is 10.8. The lowest BCUT2D eigenvalue weighted by molar-refractivity contribution is 0.465. The molecule has 172 valence electrons. The average molecular weight is 545 g/mol. The van der Waals surface area contributed by atoms with E-state index in [1.54, 1.807) is 18.2 Å². The molecule has 0 bridgehead atoms. The summed E-state index contributed by atoms with van der Waals surface area (Å²) in [5, 5.41) is 13.6. The number of anilines is 2. The second kappa shape index (κ2) is 9.79. The van der Waals surface area contributed by atoms with E-state index in [0.29, 0.717) is 34.7 Å². The van der Waals surface area contributed by atoms with Gasteiger partial charge in [0.15, 0.2) is 5.75 Å². The molecule has 2 aromatic heterocycles. The zero-order valence-corrected chi connectivity index (χ0v) is 21.0. The van der Waals surface area contributed by atoms with Crippen molar-refractivity contribution < 1.29 is 4.74 Å². The molecule has 3 aromatic carbocycles. The van der Waals surface area contributed by atoms with E-state index >= 15 is 0 Å². The monoisotopic (exact) mass is 543 g/mol. The van der Waals surface area contributed by atoms with E-state index in [1.807, 2.05) is 55.6 Å². The molecule has 6 nitrogen and oxygen atoms in total. The fraction of sp³-hybridized carbons (Fsp3) is 0.0741. The molecule has 0 unspecified atom stereocenters. The predicted molar refractivity (Wildman–Crippen MR) is 141 cm³/mol. The lowest BCUT2D eigenvalue weighted by Gasteiger charge is -2.14. The number of ether oxygens (including phenoxy) is 1. The highest BCUT2D eigenvalue weighted by Gasteiger charge is 2.17. The molecule has 0 spiro atoms. The topological polar surface area (TPSA) is 75.8 Å². The van der Waals surface area contributed by atoms with Crippen LogP contribution in [0.5, 0.6) is 11.6 Å². The Kier molecular flexibility index (Phi) is 6.41. The summed E-state index contributed by atoms with van der Waals surface area (Å²) in [6, 6.07) is 25.1. The first-order valence-corrected chi connectivity index (χ1v) is 12.0. The van der Waals surface area contributed by atoms with Crippen LogP contribution in [0.2, 0.25) is 5.02 Å². The third kappa shape index (κ3) is 4.99. The van der Waals surface area contributed by atoms with Gasteiger partial charge in [-0.2, -0.15) is 15.2 Å². The number of nitrogens with one attached hydrogen (secondary N) is 1. The van der Waals surface area contributed by atoms with Crippen molar-refractivity contribution in [1.82, 2.24) is 14.5 Å². The molecule has 0 aliphatic rings. The van der Waals surface area contributed by atoms with E-state index < -0.39 is 0 Å². The van der Waals surface area contributed by atoms with Crippen molar-refractivity contribution in [2.24, 2.45) is 0 Å². The molecule has 0 radical (unpaired) electrons. The molecule has 0 aliphatic carbocycles. The van der Waals surface area contributed by atoms with E-state index in [0.717, 1.165) is 32.3 Å². The van der Waals surface area contributed by atoms with Gasteiger partial charge in [0.1, 0.15) is 5.65 Å². The number of hydrogen-bond donors (Lipinski definition) is 1. The molecule has 0 aliphatic heterocycles. The van der Waals surface area contributed by atoms with Gasteiger partial charge in [-0.15, -0.1) is 0 Å². The zero-order valence-electron chi connectivity index (χ0n) is 18.7. The first-order chi connectivity index (χ1) is 17.0. The summed E-state index contributed by atoms with van der Waals surface area (Å²) in [5.74, 6) is 1.30. The Morgan fingerprint density at radius 2 is 1.83 bits per heavy atom. The SMILES string of the molecule is Cc1cc(Br)cc(Cl)c1Oc1nc(Nc2ccc(C#N)cc2)nc2c1ccn2Cc1ccccc1. The molecule has 0 atom stereocenters. The maximum atomic E-state index is 9.07. The molecule has 5 rings (SSSR count). The Morgan fingerprint density at radius 3 is 2.54 bits per heavy atom. The van der Waals surface area contributed by atoms with Crippen LogP contribution in [-0.2, 0) is 6.54 Å². The number of halogens is 2. The quantitative estimate of drug-likeness (QED) is 0.238. The minimum absolute atomic E-state index is 0.371. The molecule has 0 saturated carbocycles. The number of rotatable bonds is 6. The lowest BCUT2D eigenvalue weighted by atomic mass is 10.2. The van der Waals surface area contributed by atoms with Gasteiger partial charge in [0, 0.05) is 22.9 Å². The summed E-state index contributed by atoms with van der Waals surface area (Å²) in [5.41, 5.74) is 4.09. The summed E-state index contributed by atoms with van der Waals surface area (Å²) < 4.78 is 9.21. The molecule has 2 heterocycles. The van der Waals surface area contributed by atoms with E-state index in [4.69, 9.17) is 26.6 Å². The number of nitrogens with zero attached hydrogens (tertiary/aromatic N) is 4. The van der Waals surface area contributed by atoms with Gasteiger partial charge in [-0.05, 0) is 60.5 Å². The van der Waals surface area contributed by atoms with Crippen molar-refractivity contribution in [2.75, 3.05) is 5.32 Å². The van der Waals surface area contributed by atoms with Gasteiger partial charge in [0.2, 0.25) is 11.8 Å². The van der Waals surface area contributed by atoms with Crippen molar-refractivity contribution in [3.63, 3.8) is 0 Å². The highest BCUT2D eigenvalue weighted by atomic mass is 79.9. The zero-order chi connectivity index (χ0) is 24.4. The number of nitriles is 1. The number of aryl methyl sites for hydroxylation is 1. The highest BCUT2D eigenvalue weighted by molar-refractivity contribution is 9.10. The van der Waals surface area contributed by atoms with Gasteiger partial charge < -0.3 is 14.6 Å². The summed E-state index contributed by atoms with van der Waals surface area (Å²) in [4.78, 5) is 9.45. The van der Waals surface area contributed by atoms with Crippen molar-refractivity contribution >= 4 is 50.2 Å². The Labute approximate surface area is 215 Å². The molecule has 8 heteroatoms. The third-order valence-electron chi connectivity index (χ3n) is 5.44. The Morgan fingerprint density at radius 1 is 1.06 bits per heavy atom. The summed E-state index contributed by atoms with van der Waals surface area (Å²) in [6.07, 6.45) is 1.97. The highest BCUT2D eigenvalue weighted by Crippen LogP contribution is 2.37. The van der Waals surface area contributed by atoms with Gasteiger partial charge in [-0.3, -0.25) is 0 Å². The van der Waals surface area contributed by atoms with Crippen LogP contribution in [0, 0.1) is 18.3 Å². The van der Waals surface area contributed by atoms with Crippen molar-refractivity contribution in [3.05, 3.63) is 105 Å². The Hall–Kier alpha value is -3.86. The minimum atomic E-state index is 0.371. The van der Waals surface area contributed by atoms with Crippen LogP contribution in [0.1, 0.15) is 16.7 Å². The molecular formula is C27H19BrClN5O. The summed E-state index contributed by atoms with van der Waals surface area (Å²) in [6.45, 7) is 2.58. The maximum Gasteiger partial charge on any atom is 0.233 e. The number of hydrogen-bond acceptors (Lipinski definition) is 5. The van der Waals surface area contributed by atoms with Gasteiger partial charge in [0.25, 0.3) is 0 Å². The maximum absolute atomic E-state index is 9.07. The summed E-state index contributed by atoms with van der Waals surface area (Å²) in [7, 11) is 0. The standard InChI is InChI=1S/C27H19BrClN5O/c1-17-13-20(28)14-23(29)24(17)35-26-22-11-12-34(16-19-5-3-2-4-6-19)25(22)32-27(33-26)31-21-9-7-18(15-30)8-10-21/h2-14H,16H2,1H3,(H,31,32,33). The van der Waals surface area contributed by atoms with Gasteiger partial charge in [-0.25, -0.2) is 0 Å². The fourth-order valence-corrected chi connectivity index (χ4v) is 4.76. The molecule has 35 heavy (non-hydrogen) atoms. The van der Waals surface area contributed by atoms with E-state index in [9.17, 15) is 0 Å². The van der Waals surface area contributed by atoms with Crippen LogP contribution in [0.15, 0.2) is 83.5 Å². The smallest absolute Gasteiger partial charge is 0.233 e. The third-order valence-corrected chi connectivity index (χ3v) is 6.18. The van der Waals surface area contributed by atoms with Crippen LogP contribution >= 0.6 is 27.5 Å². The predicted octanol–water partition coefficient (Wildman–Crippen LogP) is 7.61. The Bertz CT molecular complexity index is 1540. The molecule has 0 fully saturated rings. The second-order valence-electron chi connectivity index (χ2n) is 7.97. The van der Waals surface area contributed by atoms with Crippen LogP contribution in [0.3, 0.4) is 0 Å². The molecule has 5 aromatic rings. The lowest BCUT2D eigenvalue weighted by Crippen LogP contribution is -2.04. The Balaban J connectivity index is 1.59. The fourth-order valence-electron chi connectivity index (χ4n) is 3.75. The van der Waals surface area contributed by atoms with Crippen LogP contribution in [0.4, 0.5) is 11.6 Å². The second-order valence-corrected chi connectivity index (χ2v) is 9.29. The van der Waals surface area contributed by atoms with E-state index in [2.05, 4.69) is 49.0 Å². The molecular weight excluding hydrogens is 526 g/mol. The van der Waals surface area contributed by atoms with Gasteiger partial charge in [0.05, 0.1) is 22.0 Å². The van der Waals surface area contributed by atoms with Crippen LogP contribution in [0.25, 0.3) is 11.0 Å². The van der Waals surface area contributed by atoms with Gasteiger partial charge >= 0.3 is 0 Å². The van der Waals surface area contributed by atoms with E-state index in [1.165, 1.54) is 0 Å². The van der Waals surface area contributed by atoms with Crippen LogP contribution in [-0.4, -0.2) is 14.5 Å². The van der Waals surface area contributed by atoms with Crippen molar-refractivity contribution in [3.8, 4) is 17.7 Å². The summed E-state index contributed by atoms with van der Waals surface area (Å²) >= 11 is 9.97. The van der Waals surface area contributed by atoms with Crippen molar-refractivity contribution in [2.45, 2.75) is 13.5 Å². The number of benzene rings is 3.